The SMILES string of the molecule is O=C(NC1CCN(Cc2ccccc2F)CC1)C1CC1. The lowest BCUT2D eigenvalue weighted by atomic mass is 10.0. The molecule has 0 radical (unpaired) electrons. The minimum absolute atomic E-state index is 0.128. The molecule has 1 amide bonds. The second kappa shape index (κ2) is 5.92. The molecule has 1 heterocycles. The van der Waals surface area contributed by atoms with Crippen molar-refractivity contribution in [2.75, 3.05) is 13.1 Å². The Morgan fingerprint density at radius 3 is 2.55 bits per heavy atom. The summed E-state index contributed by atoms with van der Waals surface area (Å²) in [6.45, 7) is 2.50. The van der Waals surface area contributed by atoms with Gasteiger partial charge in [0, 0.05) is 37.2 Å². The van der Waals surface area contributed by atoms with Gasteiger partial charge in [0.1, 0.15) is 5.82 Å². The highest BCUT2D eigenvalue weighted by molar-refractivity contribution is 5.81. The number of carbonyl (C=O) groups is 1. The van der Waals surface area contributed by atoms with Crippen molar-refractivity contribution in [1.82, 2.24) is 10.2 Å². The minimum atomic E-state index is -0.128. The van der Waals surface area contributed by atoms with Crippen molar-refractivity contribution >= 4 is 5.91 Å². The molecule has 3 nitrogen and oxygen atoms in total. The van der Waals surface area contributed by atoms with Crippen LogP contribution in [0.3, 0.4) is 0 Å². The Labute approximate surface area is 119 Å². The Morgan fingerprint density at radius 1 is 1.20 bits per heavy atom. The van der Waals surface area contributed by atoms with Gasteiger partial charge >= 0.3 is 0 Å². The number of benzene rings is 1. The normalized spacial score (nSPS) is 20.9. The highest BCUT2D eigenvalue weighted by Crippen LogP contribution is 2.29. The van der Waals surface area contributed by atoms with Gasteiger partial charge in [0.2, 0.25) is 5.91 Å². The second-order valence-electron chi connectivity index (χ2n) is 5.92. The third-order valence-corrected chi connectivity index (χ3v) is 4.23. The lowest BCUT2D eigenvalue weighted by Gasteiger charge is -2.32. The summed E-state index contributed by atoms with van der Waals surface area (Å²) in [6, 6.07) is 7.26. The summed E-state index contributed by atoms with van der Waals surface area (Å²) in [7, 11) is 0. The summed E-state index contributed by atoms with van der Waals surface area (Å²) in [5.74, 6) is 0.389. The molecule has 0 unspecified atom stereocenters. The molecule has 3 rings (SSSR count). The Balaban J connectivity index is 1.46. The average molecular weight is 276 g/mol. The molecule has 1 aliphatic carbocycles. The zero-order valence-corrected chi connectivity index (χ0v) is 11.6. The van der Waals surface area contributed by atoms with Gasteiger partial charge in [-0.1, -0.05) is 18.2 Å². The van der Waals surface area contributed by atoms with Gasteiger partial charge in [0.05, 0.1) is 0 Å². The lowest BCUT2D eigenvalue weighted by Crippen LogP contribution is -2.44. The number of nitrogens with zero attached hydrogens (tertiary/aromatic N) is 1. The van der Waals surface area contributed by atoms with E-state index in [2.05, 4.69) is 10.2 Å². The summed E-state index contributed by atoms with van der Waals surface area (Å²) in [6.07, 6.45) is 4.04. The van der Waals surface area contributed by atoms with Gasteiger partial charge in [0.15, 0.2) is 0 Å². The Morgan fingerprint density at radius 2 is 1.90 bits per heavy atom. The van der Waals surface area contributed by atoms with E-state index in [-0.39, 0.29) is 17.6 Å². The Hall–Kier alpha value is -1.42. The van der Waals surface area contributed by atoms with Crippen molar-refractivity contribution in [3.05, 3.63) is 35.6 Å². The molecule has 0 bridgehead atoms. The molecule has 2 aliphatic rings. The van der Waals surface area contributed by atoms with E-state index in [9.17, 15) is 9.18 Å². The number of piperidine rings is 1. The summed E-state index contributed by atoms with van der Waals surface area (Å²) >= 11 is 0. The molecule has 2 fully saturated rings. The summed E-state index contributed by atoms with van der Waals surface area (Å²) < 4.78 is 13.6. The minimum Gasteiger partial charge on any atom is -0.353 e. The zero-order valence-electron chi connectivity index (χ0n) is 11.6. The van der Waals surface area contributed by atoms with Crippen LogP contribution in [0.2, 0.25) is 0 Å². The van der Waals surface area contributed by atoms with E-state index in [0.717, 1.165) is 44.3 Å². The first-order valence-electron chi connectivity index (χ1n) is 7.48. The monoisotopic (exact) mass is 276 g/mol. The number of rotatable bonds is 4. The third kappa shape index (κ3) is 3.37. The summed E-state index contributed by atoms with van der Waals surface area (Å²) in [4.78, 5) is 14.0. The molecule has 0 aromatic heterocycles. The fourth-order valence-electron chi connectivity index (χ4n) is 2.77. The van der Waals surface area contributed by atoms with Crippen LogP contribution in [0.4, 0.5) is 4.39 Å². The highest BCUT2D eigenvalue weighted by Gasteiger charge is 2.31. The first-order valence-corrected chi connectivity index (χ1v) is 7.48. The van der Waals surface area contributed by atoms with Crippen molar-refractivity contribution in [3.8, 4) is 0 Å². The number of nitrogens with one attached hydrogen (secondary N) is 1. The number of likely N-dealkylation sites (tertiary alicyclic amines) is 1. The van der Waals surface area contributed by atoms with E-state index in [1.165, 1.54) is 6.07 Å². The van der Waals surface area contributed by atoms with Crippen LogP contribution in [0.25, 0.3) is 0 Å². The number of halogens is 1. The third-order valence-electron chi connectivity index (χ3n) is 4.23. The molecule has 1 aliphatic heterocycles. The smallest absolute Gasteiger partial charge is 0.223 e. The maximum absolute atomic E-state index is 13.6. The van der Waals surface area contributed by atoms with E-state index < -0.39 is 0 Å². The molecule has 108 valence electrons. The van der Waals surface area contributed by atoms with E-state index in [0.29, 0.717) is 12.6 Å². The van der Waals surface area contributed by atoms with Crippen molar-refractivity contribution in [2.45, 2.75) is 38.3 Å². The molecule has 1 N–H and O–H groups in total. The van der Waals surface area contributed by atoms with Crippen LogP contribution in [-0.4, -0.2) is 29.9 Å². The molecule has 1 saturated carbocycles. The largest absolute Gasteiger partial charge is 0.353 e. The van der Waals surface area contributed by atoms with Crippen LogP contribution in [0.1, 0.15) is 31.2 Å². The highest BCUT2D eigenvalue weighted by atomic mass is 19.1. The van der Waals surface area contributed by atoms with E-state index >= 15 is 0 Å². The van der Waals surface area contributed by atoms with Crippen molar-refractivity contribution in [1.29, 1.82) is 0 Å². The van der Waals surface area contributed by atoms with Gasteiger partial charge in [-0.15, -0.1) is 0 Å². The molecule has 4 heteroatoms. The molecule has 1 aromatic carbocycles. The van der Waals surface area contributed by atoms with Crippen LogP contribution >= 0.6 is 0 Å². The molecule has 0 spiro atoms. The number of amides is 1. The molecular formula is C16H21FN2O. The van der Waals surface area contributed by atoms with Crippen LogP contribution in [0.15, 0.2) is 24.3 Å². The van der Waals surface area contributed by atoms with Crippen LogP contribution in [-0.2, 0) is 11.3 Å². The number of carbonyl (C=O) groups excluding carboxylic acids is 1. The first kappa shape index (κ1) is 13.6. The van der Waals surface area contributed by atoms with E-state index in [1.54, 1.807) is 6.07 Å². The fourth-order valence-corrected chi connectivity index (χ4v) is 2.77. The van der Waals surface area contributed by atoms with Crippen molar-refractivity contribution < 1.29 is 9.18 Å². The standard InChI is InChI=1S/C16H21FN2O/c17-15-4-2-1-3-13(15)11-19-9-7-14(8-10-19)18-16(20)12-5-6-12/h1-4,12,14H,5-11H2,(H,18,20). The zero-order chi connectivity index (χ0) is 13.9. The number of hydrogen-bond donors (Lipinski definition) is 1. The van der Waals surface area contributed by atoms with Gasteiger partial charge in [0.25, 0.3) is 0 Å². The van der Waals surface area contributed by atoms with Crippen molar-refractivity contribution in [3.63, 3.8) is 0 Å². The predicted molar refractivity (Wildman–Crippen MR) is 75.6 cm³/mol. The van der Waals surface area contributed by atoms with Crippen LogP contribution < -0.4 is 5.32 Å². The van der Waals surface area contributed by atoms with E-state index in [1.807, 2.05) is 12.1 Å². The Kier molecular flexibility index (Phi) is 4.01. The maximum atomic E-state index is 13.6. The van der Waals surface area contributed by atoms with Gasteiger partial charge in [-0.2, -0.15) is 0 Å². The van der Waals surface area contributed by atoms with Crippen LogP contribution in [0, 0.1) is 11.7 Å². The first-order chi connectivity index (χ1) is 9.72. The van der Waals surface area contributed by atoms with Gasteiger partial charge < -0.3 is 5.32 Å². The summed E-state index contributed by atoms with van der Waals surface area (Å²) in [5, 5.41) is 3.14. The van der Waals surface area contributed by atoms with Gasteiger partial charge in [-0.3, -0.25) is 9.69 Å². The fraction of sp³-hybridized carbons (Fsp3) is 0.562. The van der Waals surface area contributed by atoms with Crippen molar-refractivity contribution in [2.24, 2.45) is 5.92 Å². The van der Waals surface area contributed by atoms with Gasteiger partial charge in [-0.05, 0) is 31.7 Å². The predicted octanol–water partition coefficient (Wildman–Crippen LogP) is 2.32. The van der Waals surface area contributed by atoms with Gasteiger partial charge in [-0.25, -0.2) is 4.39 Å². The lowest BCUT2D eigenvalue weighted by molar-refractivity contribution is -0.123. The van der Waals surface area contributed by atoms with E-state index in [4.69, 9.17) is 0 Å². The molecule has 1 saturated heterocycles. The summed E-state index contributed by atoms with van der Waals surface area (Å²) in [5.41, 5.74) is 0.757. The molecule has 1 aromatic rings. The quantitative estimate of drug-likeness (QED) is 0.915. The topological polar surface area (TPSA) is 32.3 Å². The van der Waals surface area contributed by atoms with Crippen LogP contribution in [0.5, 0.6) is 0 Å². The molecular weight excluding hydrogens is 255 g/mol. The second-order valence-corrected chi connectivity index (χ2v) is 5.92. The maximum Gasteiger partial charge on any atom is 0.223 e. The average Bonchev–Trinajstić information content (AvgIpc) is 3.28. The Bertz CT molecular complexity index is 479. The molecule has 0 atom stereocenters. The molecule has 20 heavy (non-hydrogen) atoms. The number of hydrogen-bond acceptors (Lipinski definition) is 2.